The highest BCUT2D eigenvalue weighted by Gasteiger charge is 2.29. The number of nitrogens with zero attached hydrogens (tertiary/aromatic N) is 2. The molecule has 2 aromatic rings. The summed E-state index contributed by atoms with van der Waals surface area (Å²) in [5, 5.41) is 16.5. The number of thiazole rings is 1. The predicted molar refractivity (Wildman–Crippen MR) is 96.6 cm³/mol. The molecule has 3 heterocycles. The van der Waals surface area contributed by atoms with Crippen molar-refractivity contribution < 1.29 is 19.4 Å². The molecule has 4 rings (SSSR count). The Balaban J connectivity index is 1.33. The van der Waals surface area contributed by atoms with Crippen molar-refractivity contribution in [2.45, 2.75) is 32.0 Å². The number of amides is 1. The SMILES string of the molecule is Cc1nc(CN2CC[C@@H](NC(=O)c3ccc4c(c3)OCO4)[C@H](O)C2)cs1. The van der Waals surface area contributed by atoms with Gasteiger partial charge in [0.25, 0.3) is 5.91 Å². The number of carbonyl (C=O) groups is 1. The third-order valence-corrected chi connectivity index (χ3v) is 5.49. The van der Waals surface area contributed by atoms with E-state index in [0.717, 1.165) is 23.8 Å². The molecule has 2 atom stereocenters. The molecule has 2 N–H and O–H groups in total. The van der Waals surface area contributed by atoms with Gasteiger partial charge in [0.05, 0.1) is 22.8 Å². The van der Waals surface area contributed by atoms with Gasteiger partial charge < -0.3 is 19.9 Å². The number of rotatable bonds is 4. The van der Waals surface area contributed by atoms with Crippen LogP contribution in [0.5, 0.6) is 11.5 Å². The molecule has 1 aromatic carbocycles. The van der Waals surface area contributed by atoms with E-state index in [9.17, 15) is 9.90 Å². The standard InChI is InChI=1S/C18H21N3O4S/c1-11-19-13(9-26-11)7-21-5-4-14(15(22)8-21)20-18(23)12-2-3-16-17(6-12)25-10-24-16/h2-3,6,9,14-15,22H,4-5,7-8,10H2,1H3,(H,20,23)/t14-,15-/m1/s1. The topological polar surface area (TPSA) is 83.9 Å². The number of hydrogen-bond donors (Lipinski definition) is 2. The second-order valence-electron chi connectivity index (χ2n) is 6.60. The fourth-order valence-electron chi connectivity index (χ4n) is 3.31. The minimum absolute atomic E-state index is 0.177. The van der Waals surface area contributed by atoms with Crippen LogP contribution in [0.4, 0.5) is 0 Å². The van der Waals surface area contributed by atoms with E-state index in [1.807, 2.05) is 6.92 Å². The molecule has 26 heavy (non-hydrogen) atoms. The maximum atomic E-state index is 12.5. The van der Waals surface area contributed by atoms with Crippen LogP contribution < -0.4 is 14.8 Å². The van der Waals surface area contributed by atoms with Crippen molar-refractivity contribution >= 4 is 17.2 Å². The molecule has 138 valence electrons. The zero-order valence-corrected chi connectivity index (χ0v) is 15.3. The minimum Gasteiger partial charge on any atom is -0.454 e. The molecule has 0 radical (unpaired) electrons. The maximum Gasteiger partial charge on any atom is 0.251 e. The fraction of sp³-hybridized carbons (Fsp3) is 0.444. The Morgan fingerprint density at radius 1 is 1.42 bits per heavy atom. The van der Waals surface area contributed by atoms with Crippen molar-refractivity contribution in [1.29, 1.82) is 0 Å². The van der Waals surface area contributed by atoms with E-state index in [1.54, 1.807) is 29.5 Å². The van der Waals surface area contributed by atoms with Crippen LogP contribution in [0.1, 0.15) is 27.5 Å². The first-order valence-corrected chi connectivity index (χ1v) is 9.48. The molecule has 1 fully saturated rings. The zero-order chi connectivity index (χ0) is 18.1. The Kier molecular flexibility index (Phi) is 4.80. The Hall–Kier alpha value is -2.16. The van der Waals surface area contributed by atoms with E-state index in [0.29, 0.717) is 30.0 Å². The predicted octanol–water partition coefficient (Wildman–Crippen LogP) is 1.55. The summed E-state index contributed by atoms with van der Waals surface area (Å²) < 4.78 is 10.6. The van der Waals surface area contributed by atoms with E-state index in [4.69, 9.17) is 9.47 Å². The fourth-order valence-corrected chi connectivity index (χ4v) is 3.91. The van der Waals surface area contributed by atoms with E-state index in [1.165, 1.54) is 0 Å². The van der Waals surface area contributed by atoms with Crippen LogP contribution in [0.15, 0.2) is 23.6 Å². The number of β-amino-alcohol motifs (C(OH)–C–C–N with tert-alkyl or cyclic N) is 1. The molecule has 8 heteroatoms. The van der Waals surface area contributed by atoms with Gasteiger partial charge in [-0.05, 0) is 31.5 Å². The molecule has 1 aromatic heterocycles. The van der Waals surface area contributed by atoms with Gasteiger partial charge in [0, 0.05) is 30.6 Å². The van der Waals surface area contributed by atoms with Gasteiger partial charge in [-0.3, -0.25) is 9.69 Å². The van der Waals surface area contributed by atoms with Crippen molar-refractivity contribution in [2.75, 3.05) is 19.9 Å². The van der Waals surface area contributed by atoms with Crippen molar-refractivity contribution in [3.05, 3.63) is 39.8 Å². The Labute approximate surface area is 155 Å². The number of fused-ring (bicyclic) bond motifs is 1. The summed E-state index contributed by atoms with van der Waals surface area (Å²) in [6.45, 7) is 4.21. The molecular weight excluding hydrogens is 354 g/mol. The summed E-state index contributed by atoms with van der Waals surface area (Å²) in [5.41, 5.74) is 1.53. The second-order valence-corrected chi connectivity index (χ2v) is 7.66. The van der Waals surface area contributed by atoms with Crippen LogP contribution in [0.2, 0.25) is 0 Å². The first-order valence-electron chi connectivity index (χ1n) is 8.60. The van der Waals surface area contributed by atoms with Gasteiger partial charge in [-0.1, -0.05) is 0 Å². The molecule has 0 bridgehead atoms. The number of ether oxygens (including phenoxy) is 2. The summed E-state index contributed by atoms with van der Waals surface area (Å²) in [7, 11) is 0. The highest BCUT2D eigenvalue weighted by atomic mass is 32.1. The van der Waals surface area contributed by atoms with Gasteiger partial charge in [-0.2, -0.15) is 0 Å². The van der Waals surface area contributed by atoms with E-state index >= 15 is 0 Å². The number of nitrogens with one attached hydrogen (secondary N) is 1. The number of likely N-dealkylation sites (tertiary alicyclic amines) is 1. The maximum absolute atomic E-state index is 12.5. The number of aliphatic hydroxyl groups excluding tert-OH is 1. The molecule has 0 saturated carbocycles. The van der Waals surface area contributed by atoms with Crippen LogP contribution in [0, 0.1) is 6.92 Å². The third kappa shape index (κ3) is 3.67. The summed E-state index contributed by atoms with van der Waals surface area (Å²) in [5.74, 6) is 1.01. The van der Waals surface area contributed by atoms with Crippen LogP contribution in [0.25, 0.3) is 0 Å². The van der Waals surface area contributed by atoms with Crippen molar-refractivity contribution in [1.82, 2.24) is 15.2 Å². The summed E-state index contributed by atoms with van der Waals surface area (Å²) in [6.07, 6.45) is 0.0852. The lowest BCUT2D eigenvalue weighted by atomic mass is 10.0. The number of aryl methyl sites for hydroxylation is 1. The Bertz CT molecular complexity index is 809. The first-order chi connectivity index (χ1) is 12.6. The zero-order valence-electron chi connectivity index (χ0n) is 14.5. The Morgan fingerprint density at radius 3 is 3.04 bits per heavy atom. The normalized spacial score (nSPS) is 22.4. The average molecular weight is 375 g/mol. The van der Waals surface area contributed by atoms with Gasteiger partial charge in [0.15, 0.2) is 11.5 Å². The number of piperidine rings is 1. The number of aromatic nitrogens is 1. The van der Waals surface area contributed by atoms with Crippen molar-refractivity contribution in [3.8, 4) is 11.5 Å². The lowest BCUT2D eigenvalue weighted by Gasteiger charge is -2.35. The van der Waals surface area contributed by atoms with Crippen LogP contribution >= 0.6 is 11.3 Å². The quantitative estimate of drug-likeness (QED) is 0.844. The van der Waals surface area contributed by atoms with Crippen LogP contribution in [-0.2, 0) is 6.54 Å². The van der Waals surface area contributed by atoms with Gasteiger partial charge in [-0.25, -0.2) is 4.98 Å². The molecular formula is C18H21N3O4S. The van der Waals surface area contributed by atoms with E-state index in [-0.39, 0.29) is 18.7 Å². The lowest BCUT2D eigenvalue weighted by Crippen LogP contribution is -2.53. The minimum atomic E-state index is -0.610. The van der Waals surface area contributed by atoms with Crippen LogP contribution in [-0.4, -0.2) is 52.9 Å². The summed E-state index contributed by atoms with van der Waals surface area (Å²) >= 11 is 1.63. The molecule has 1 amide bonds. The molecule has 1 saturated heterocycles. The third-order valence-electron chi connectivity index (χ3n) is 4.67. The lowest BCUT2D eigenvalue weighted by molar-refractivity contribution is 0.0346. The highest BCUT2D eigenvalue weighted by Crippen LogP contribution is 2.32. The number of hydrogen-bond acceptors (Lipinski definition) is 7. The van der Waals surface area contributed by atoms with Gasteiger partial charge >= 0.3 is 0 Å². The van der Waals surface area contributed by atoms with Crippen molar-refractivity contribution in [3.63, 3.8) is 0 Å². The van der Waals surface area contributed by atoms with Crippen molar-refractivity contribution in [2.24, 2.45) is 0 Å². The molecule has 0 aliphatic carbocycles. The number of carbonyl (C=O) groups excluding carboxylic acids is 1. The molecule has 2 aliphatic rings. The van der Waals surface area contributed by atoms with Crippen LogP contribution in [0.3, 0.4) is 0 Å². The number of aliphatic hydroxyl groups is 1. The summed E-state index contributed by atoms with van der Waals surface area (Å²) in [4.78, 5) is 19.1. The molecule has 7 nitrogen and oxygen atoms in total. The largest absolute Gasteiger partial charge is 0.454 e. The summed E-state index contributed by atoms with van der Waals surface area (Å²) in [6, 6.07) is 4.84. The average Bonchev–Trinajstić information content (AvgIpc) is 3.25. The van der Waals surface area contributed by atoms with Gasteiger partial charge in [0.2, 0.25) is 6.79 Å². The molecule has 0 spiro atoms. The van der Waals surface area contributed by atoms with Gasteiger partial charge in [-0.15, -0.1) is 11.3 Å². The van der Waals surface area contributed by atoms with E-state index < -0.39 is 6.10 Å². The second kappa shape index (κ2) is 7.22. The number of benzene rings is 1. The smallest absolute Gasteiger partial charge is 0.251 e. The molecule has 2 aliphatic heterocycles. The first kappa shape index (κ1) is 17.3. The monoisotopic (exact) mass is 375 g/mol. The van der Waals surface area contributed by atoms with E-state index in [2.05, 4.69) is 20.6 Å². The van der Waals surface area contributed by atoms with Gasteiger partial charge in [0.1, 0.15) is 0 Å². The Morgan fingerprint density at radius 2 is 2.27 bits per heavy atom. The highest BCUT2D eigenvalue weighted by molar-refractivity contribution is 7.09. The molecule has 0 unspecified atom stereocenters.